The molecule has 0 aromatic carbocycles. The number of aliphatic hydroxyl groups excluding tert-OH is 2. The fourth-order valence-electron chi connectivity index (χ4n) is 4.01. The normalized spacial score (nSPS) is 26.2. The number of H-pyrrole nitrogens is 2. The van der Waals surface area contributed by atoms with Crippen molar-refractivity contribution in [2.45, 2.75) is 63.6 Å². The number of aromatic nitrogens is 4. The Balaban J connectivity index is 0.000000230. The average molecular weight is 644 g/mol. The quantitative estimate of drug-likeness (QED) is 0.135. The zero-order valence-corrected chi connectivity index (χ0v) is 23.8. The van der Waals surface area contributed by atoms with E-state index >= 15 is 0 Å². The van der Waals surface area contributed by atoms with Crippen LogP contribution in [0.25, 0.3) is 0 Å². The fourth-order valence-corrected chi connectivity index (χ4v) is 4.70. The number of phosphoric acid groups is 2. The molecule has 0 spiro atoms. The van der Waals surface area contributed by atoms with Crippen molar-refractivity contribution in [2.24, 2.45) is 0 Å². The maximum Gasteiger partial charge on any atom is 0.469 e. The highest BCUT2D eigenvalue weighted by Gasteiger charge is 2.38. The van der Waals surface area contributed by atoms with Crippen LogP contribution < -0.4 is 22.5 Å². The number of aryl methyl sites for hydroxylation is 2. The summed E-state index contributed by atoms with van der Waals surface area (Å²) < 4.78 is 42.7. The third-order valence-electron chi connectivity index (χ3n) is 6.13. The minimum absolute atomic E-state index is 0.0283. The van der Waals surface area contributed by atoms with Gasteiger partial charge < -0.3 is 39.3 Å². The van der Waals surface area contributed by atoms with Crippen LogP contribution in [0.4, 0.5) is 0 Å². The van der Waals surface area contributed by atoms with Gasteiger partial charge in [0.15, 0.2) is 0 Å². The summed E-state index contributed by atoms with van der Waals surface area (Å²) in [6.45, 7) is 1.99. The predicted molar refractivity (Wildman–Crippen MR) is 137 cm³/mol. The molecule has 0 amide bonds. The van der Waals surface area contributed by atoms with E-state index in [1.54, 1.807) is 0 Å². The van der Waals surface area contributed by atoms with Crippen molar-refractivity contribution in [2.75, 3.05) is 13.2 Å². The Hall–Kier alpha value is -2.58. The maximum atomic E-state index is 11.7. The Morgan fingerprint density at radius 2 is 1.10 bits per heavy atom. The Kier molecular flexibility index (Phi) is 10.8. The molecule has 4 heterocycles. The third kappa shape index (κ3) is 9.21. The van der Waals surface area contributed by atoms with Crippen molar-refractivity contribution in [1.82, 2.24) is 19.1 Å². The second-order valence-corrected chi connectivity index (χ2v) is 11.9. The van der Waals surface area contributed by atoms with Crippen molar-refractivity contribution in [3.63, 3.8) is 0 Å². The van der Waals surface area contributed by atoms with Gasteiger partial charge in [-0.2, -0.15) is 0 Å². The van der Waals surface area contributed by atoms with Gasteiger partial charge in [-0.15, -0.1) is 0 Å². The van der Waals surface area contributed by atoms with E-state index < -0.39 is 88.2 Å². The van der Waals surface area contributed by atoms with E-state index in [9.17, 15) is 38.5 Å². The molecule has 2 aromatic heterocycles. The highest BCUT2D eigenvalue weighted by atomic mass is 31.2. The van der Waals surface area contributed by atoms with E-state index in [4.69, 9.17) is 29.0 Å². The lowest BCUT2D eigenvalue weighted by Crippen LogP contribution is -2.33. The van der Waals surface area contributed by atoms with Crippen LogP contribution in [0.1, 0.15) is 36.4 Å². The van der Waals surface area contributed by atoms with Crippen LogP contribution in [0.5, 0.6) is 0 Å². The summed E-state index contributed by atoms with van der Waals surface area (Å²) in [5.74, 6) is 0. The van der Waals surface area contributed by atoms with Gasteiger partial charge in [-0.25, -0.2) is 18.7 Å². The Morgan fingerprint density at radius 3 is 1.40 bits per heavy atom. The molecule has 42 heavy (non-hydrogen) atoms. The summed E-state index contributed by atoms with van der Waals surface area (Å²) in [6.07, 6.45) is -3.14. The van der Waals surface area contributed by atoms with E-state index in [1.807, 2.05) is 0 Å². The zero-order chi connectivity index (χ0) is 31.6. The minimum Gasteiger partial charge on any atom is -0.390 e. The molecule has 2 aliphatic rings. The number of nitrogens with zero attached hydrogens (tertiary/aromatic N) is 2. The molecule has 2 aromatic rings. The van der Waals surface area contributed by atoms with Gasteiger partial charge in [-0.3, -0.25) is 37.7 Å². The molecule has 0 aliphatic carbocycles. The Morgan fingerprint density at radius 1 is 0.762 bits per heavy atom. The van der Waals surface area contributed by atoms with Crippen molar-refractivity contribution in [1.29, 1.82) is 0 Å². The van der Waals surface area contributed by atoms with Gasteiger partial charge >= 0.3 is 27.0 Å². The number of hydrogen-bond acceptors (Lipinski definition) is 12. The van der Waals surface area contributed by atoms with E-state index in [2.05, 4.69) is 19.0 Å². The van der Waals surface area contributed by atoms with Crippen molar-refractivity contribution in [3.8, 4) is 0 Å². The van der Waals surface area contributed by atoms with Crippen LogP contribution in [-0.4, -0.2) is 86.5 Å². The lowest BCUT2D eigenvalue weighted by molar-refractivity contribution is -0.0451. The van der Waals surface area contributed by atoms with Crippen LogP contribution in [-0.2, 0) is 27.7 Å². The maximum absolute atomic E-state index is 11.7. The van der Waals surface area contributed by atoms with Gasteiger partial charge in [-0.1, -0.05) is 0 Å². The van der Waals surface area contributed by atoms with Crippen molar-refractivity contribution >= 4 is 15.6 Å². The van der Waals surface area contributed by atoms with Gasteiger partial charge in [0.1, 0.15) is 24.7 Å². The predicted octanol–water partition coefficient (Wildman–Crippen LogP) is -2.79. The van der Waals surface area contributed by atoms with Gasteiger partial charge in [0.25, 0.3) is 11.1 Å². The fraction of sp³-hybridized carbons (Fsp3) is 0.600. The zero-order valence-electron chi connectivity index (χ0n) is 22.0. The van der Waals surface area contributed by atoms with E-state index in [-0.39, 0.29) is 12.8 Å². The summed E-state index contributed by atoms with van der Waals surface area (Å²) in [6, 6.07) is 0. The Labute approximate surface area is 234 Å². The van der Waals surface area contributed by atoms with E-state index in [1.165, 1.54) is 26.2 Å². The molecule has 22 heteroatoms. The van der Waals surface area contributed by atoms with Crippen LogP contribution in [0.15, 0.2) is 31.6 Å². The summed E-state index contributed by atoms with van der Waals surface area (Å²) >= 11 is 0. The van der Waals surface area contributed by atoms with Crippen LogP contribution >= 0.6 is 15.6 Å². The first kappa shape index (κ1) is 33.9. The molecule has 2 fully saturated rings. The average Bonchev–Trinajstić information content (AvgIpc) is 3.42. The Bertz CT molecular complexity index is 1470. The second kappa shape index (κ2) is 13.4. The van der Waals surface area contributed by atoms with Gasteiger partial charge in [0.2, 0.25) is 0 Å². The first-order chi connectivity index (χ1) is 19.3. The number of aromatic amines is 2. The molecule has 4 rings (SSSR count). The minimum atomic E-state index is -4.67. The molecule has 20 nitrogen and oxygen atoms in total. The van der Waals surface area contributed by atoms with Crippen molar-refractivity contribution < 1.29 is 57.4 Å². The molecule has 6 atom stereocenters. The molecule has 0 radical (unpaired) electrons. The molecule has 2 saturated heterocycles. The highest BCUT2D eigenvalue weighted by Crippen LogP contribution is 2.39. The number of nitrogens with one attached hydrogen (secondary N) is 2. The number of aliphatic hydroxyl groups is 2. The highest BCUT2D eigenvalue weighted by molar-refractivity contribution is 7.46. The molecule has 0 bridgehead atoms. The standard InChI is InChI=1S/2C10H15N2O8P/c2*1-5-3-12(10(15)11-9(5)14)8-2-6(13)7(20-8)4-19-21(16,17)18/h2*3,6-8,13H,2,4H2,1H3,(H,11,14,15)(H2,16,17,18)/t2*6-,7+,8+/m00/s1. The molecule has 0 saturated carbocycles. The summed E-state index contributed by atoms with van der Waals surface area (Å²) in [4.78, 5) is 84.6. The number of rotatable bonds is 8. The van der Waals surface area contributed by atoms with Crippen LogP contribution in [0.3, 0.4) is 0 Å². The second-order valence-electron chi connectivity index (χ2n) is 9.39. The number of hydrogen-bond donors (Lipinski definition) is 8. The lowest BCUT2D eigenvalue weighted by Gasteiger charge is -2.16. The lowest BCUT2D eigenvalue weighted by atomic mass is 10.2. The van der Waals surface area contributed by atoms with Crippen molar-refractivity contribution in [3.05, 3.63) is 65.2 Å². The SMILES string of the molecule is Cc1cn([C@H]2C[C@H](O)[C@@H](COP(=O)(O)O)O2)c(=O)[nH]c1=O.Cc1cn([C@H]2C[C@H](O)[C@@H](COP(=O)(O)O)O2)c(=O)[nH]c1=O. The third-order valence-corrected chi connectivity index (χ3v) is 7.11. The van der Waals surface area contributed by atoms with Crippen LogP contribution in [0, 0.1) is 13.8 Å². The largest absolute Gasteiger partial charge is 0.469 e. The number of phosphoric ester groups is 2. The monoisotopic (exact) mass is 644 g/mol. The summed E-state index contributed by atoms with van der Waals surface area (Å²) in [7, 11) is -9.33. The summed E-state index contributed by atoms with van der Waals surface area (Å²) in [5, 5.41) is 19.6. The number of ether oxygens (including phenoxy) is 2. The first-order valence-corrected chi connectivity index (χ1v) is 15.1. The summed E-state index contributed by atoms with van der Waals surface area (Å²) in [5.41, 5.74) is -1.84. The molecule has 8 N–H and O–H groups in total. The molecular formula is C20H30N4O16P2. The molecular weight excluding hydrogens is 614 g/mol. The smallest absolute Gasteiger partial charge is 0.390 e. The van der Waals surface area contributed by atoms with Gasteiger partial charge in [0.05, 0.1) is 25.4 Å². The van der Waals surface area contributed by atoms with E-state index in [0.717, 1.165) is 9.13 Å². The van der Waals surface area contributed by atoms with E-state index in [0.29, 0.717) is 11.1 Å². The van der Waals surface area contributed by atoms with Gasteiger partial charge in [-0.05, 0) is 13.8 Å². The first-order valence-electron chi connectivity index (χ1n) is 12.1. The topological polar surface area (TPSA) is 302 Å². The molecule has 0 unspecified atom stereocenters. The molecule has 2 aliphatic heterocycles. The van der Waals surface area contributed by atoms with Gasteiger partial charge in [0, 0.05) is 36.4 Å². The molecule has 236 valence electrons. The van der Waals surface area contributed by atoms with Crippen LogP contribution in [0.2, 0.25) is 0 Å².